The maximum Gasteiger partial charge on any atom is 0.225 e. The molecule has 20 heavy (non-hydrogen) atoms. The van der Waals surface area contributed by atoms with Crippen LogP contribution in [-0.2, 0) is 16.0 Å². The molecule has 0 heterocycles. The van der Waals surface area contributed by atoms with E-state index in [2.05, 4.69) is 16.0 Å². The highest BCUT2D eigenvalue weighted by atomic mass is 16.2. The zero-order chi connectivity index (χ0) is 14.4. The van der Waals surface area contributed by atoms with Crippen molar-refractivity contribution in [3.05, 3.63) is 29.8 Å². The first-order chi connectivity index (χ1) is 9.69. The van der Waals surface area contributed by atoms with Crippen molar-refractivity contribution in [2.75, 3.05) is 18.9 Å². The molecule has 0 aromatic heterocycles. The number of carbonyl (C=O) groups excluding carboxylic acids is 2. The van der Waals surface area contributed by atoms with Crippen molar-refractivity contribution >= 4 is 17.5 Å². The molecule has 1 aliphatic carbocycles. The maximum atomic E-state index is 11.9. The number of amides is 2. The van der Waals surface area contributed by atoms with Gasteiger partial charge in [0, 0.05) is 31.7 Å². The summed E-state index contributed by atoms with van der Waals surface area (Å²) in [6, 6.07) is 8.01. The molecule has 1 fully saturated rings. The first kappa shape index (κ1) is 14.5. The van der Waals surface area contributed by atoms with Crippen LogP contribution in [-0.4, -0.2) is 31.4 Å². The van der Waals surface area contributed by atoms with Gasteiger partial charge in [-0.2, -0.15) is 0 Å². The van der Waals surface area contributed by atoms with E-state index in [1.807, 2.05) is 24.3 Å². The average molecular weight is 275 g/mol. The van der Waals surface area contributed by atoms with E-state index in [9.17, 15) is 9.59 Å². The Bertz CT molecular complexity index is 484. The number of hydrogen-bond donors (Lipinski definition) is 3. The molecule has 2 rings (SSSR count). The number of anilines is 1. The Morgan fingerprint density at radius 3 is 2.65 bits per heavy atom. The molecule has 5 heteroatoms. The summed E-state index contributed by atoms with van der Waals surface area (Å²) in [5, 5.41) is 8.77. The average Bonchev–Trinajstić information content (AvgIpc) is 3.25. The number of carbonyl (C=O) groups is 2. The van der Waals surface area contributed by atoms with Gasteiger partial charge in [-0.25, -0.2) is 0 Å². The van der Waals surface area contributed by atoms with Crippen LogP contribution in [0, 0.1) is 0 Å². The summed E-state index contributed by atoms with van der Waals surface area (Å²) >= 11 is 0. The van der Waals surface area contributed by atoms with E-state index in [4.69, 9.17) is 0 Å². The summed E-state index contributed by atoms with van der Waals surface area (Å²) in [4.78, 5) is 23.3. The summed E-state index contributed by atoms with van der Waals surface area (Å²) in [7, 11) is 1.60. The molecule has 1 aliphatic rings. The van der Waals surface area contributed by atoms with Crippen LogP contribution >= 0.6 is 0 Å². The molecule has 0 unspecified atom stereocenters. The minimum atomic E-state index is -0.0675. The van der Waals surface area contributed by atoms with Gasteiger partial charge in [-0.05, 0) is 24.5 Å². The lowest BCUT2D eigenvalue weighted by atomic mass is 10.1. The second-order valence-electron chi connectivity index (χ2n) is 5.03. The molecule has 1 saturated carbocycles. The zero-order valence-corrected chi connectivity index (χ0v) is 11.7. The molecule has 0 aliphatic heterocycles. The predicted octanol–water partition coefficient (Wildman–Crippen LogP) is 1.06. The van der Waals surface area contributed by atoms with E-state index in [-0.39, 0.29) is 18.2 Å². The van der Waals surface area contributed by atoms with E-state index in [1.165, 1.54) is 12.8 Å². The number of nitrogens with one attached hydrogen (secondary N) is 3. The van der Waals surface area contributed by atoms with Gasteiger partial charge in [0.05, 0.1) is 6.42 Å². The van der Waals surface area contributed by atoms with Gasteiger partial charge in [-0.15, -0.1) is 0 Å². The number of hydrogen-bond acceptors (Lipinski definition) is 3. The second-order valence-corrected chi connectivity index (χ2v) is 5.03. The molecule has 3 N–H and O–H groups in total. The molecule has 0 radical (unpaired) electrons. The molecular weight excluding hydrogens is 254 g/mol. The number of benzene rings is 1. The minimum absolute atomic E-state index is 0.0255. The quantitative estimate of drug-likeness (QED) is 0.697. The van der Waals surface area contributed by atoms with Gasteiger partial charge >= 0.3 is 0 Å². The summed E-state index contributed by atoms with van der Waals surface area (Å²) in [5.41, 5.74) is 1.54. The van der Waals surface area contributed by atoms with E-state index in [0.717, 1.165) is 5.56 Å². The van der Waals surface area contributed by atoms with Crippen LogP contribution in [0.4, 0.5) is 5.69 Å². The first-order valence-electron chi connectivity index (χ1n) is 7.00. The second kappa shape index (κ2) is 7.05. The highest BCUT2D eigenvalue weighted by Gasteiger charge is 2.20. The van der Waals surface area contributed by atoms with Crippen LogP contribution in [0.5, 0.6) is 0 Å². The molecule has 5 nitrogen and oxygen atoms in total. The SMILES string of the molecule is CNC(=O)Cc1ccccc1NC(=O)CCNC1CC1. The minimum Gasteiger partial charge on any atom is -0.359 e. The summed E-state index contributed by atoms with van der Waals surface area (Å²) in [5.74, 6) is -0.0930. The van der Waals surface area contributed by atoms with E-state index >= 15 is 0 Å². The van der Waals surface area contributed by atoms with Crippen LogP contribution in [0.3, 0.4) is 0 Å². The summed E-state index contributed by atoms with van der Waals surface area (Å²) in [6.45, 7) is 0.702. The largest absolute Gasteiger partial charge is 0.359 e. The number of para-hydroxylation sites is 1. The Morgan fingerprint density at radius 2 is 1.95 bits per heavy atom. The van der Waals surface area contributed by atoms with Crippen LogP contribution in [0.25, 0.3) is 0 Å². The van der Waals surface area contributed by atoms with Gasteiger partial charge in [0.1, 0.15) is 0 Å². The molecular formula is C15H21N3O2. The molecule has 0 bridgehead atoms. The third-order valence-corrected chi connectivity index (χ3v) is 3.28. The van der Waals surface area contributed by atoms with Gasteiger partial charge in [-0.3, -0.25) is 9.59 Å². The van der Waals surface area contributed by atoms with E-state index < -0.39 is 0 Å². The molecule has 2 amide bonds. The monoisotopic (exact) mass is 275 g/mol. The molecule has 1 aromatic rings. The Balaban J connectivity index is 1.86. The lowest BCUT2D eigenvalue weighted by molar-refractivity contribution is -0.120. The molecule has 1 aromatic carbocycles. The van der Waals surface area contributed by atoms with Crippen LogP contribution in [0.1, 0.15) is 24.8 Å². The molecule has 108 valence electrons. The van der Waals surface area contributed by atoms with Gasteiger partial charge in [0.25, 0.3) is 0 Å². The maximum absolute atomic E-state index is 11.9. The van der Waals surface area contributed by atoms with Crippen LogP contribution < -0.4 is 16.0 Å². The normalized spacial score (nSPS) is 13.8. The Kier molecular flexibility index (Phi) is 5.12. The van der Waals surface area contributed by atoms with Gasteiger partial charge in [0.15, 0.2) is 0 Å². The van der Waals surface area contributed by atoms with Gasteiger partial charge in [0.2, 0.25) is 11.8 Å². The lowest BCUT2D eigenvalue weighted by Crippen LogP contribution is -2.24. The predicted molar refractivity (Wildman–Crippen MR) is 78.5 cm³/mol. The lowest BCUT2D eigenvalue weighted by Gasteiger charge is -2.10. The number of rotatable bonds is 7. The first-order valence-corrected chi connectivity index (χ1v) is 7.00. The smallest absolute Gasteiger partial charge is 0.225 e. The highest BCUT2D eigenvalue weighted by Crippen LogP contribution is 2.18. The van der Waals surface area contributed by atoms with Crippen molar-refractivity contribution in [1.29, 1.82) is 0 Å². The number of likely N-dealkylation sites (N-methyl/N-ethyl adjacent to an activating group) is 1. The molecule has 0 saturated heterocycles. The standard InChI is InChI=1S/C15H21N3O2/c1-16-15(20)10-11-4-2-3-5-13(11)18-14(19)8-9-17-12-6-7-12/h2-5,12,17H,6-10H2,1H3,(H,16,20)(H,18,19). The van der Waals surface area contributed by atoms with Gasteiger partial charge < -0.3 is 16.0 Å². The van der Waals surface area contributed by atoms with E-state index in [1.54, 1.807) is 7.05 Å². The Hall–Kier alpha value is -1.88. The van der Waals surface area contributed by atoms with Gasteiger partial charge in [-0.1, -0.05) is 18.2 Å². The summed E-state index contributed by atoms with van der Waals surface area (Å²) in [6.07, 6.45) is 3.16. The van der Waals surface area contributed by atoms with Crippen molar-refractivity contribution < 1.29 is 9.59 Å². The third-order valence-electron chi connectivity index (χ3n) is 3.28. The van der Waals surface area contributed by atoms with Crippen LogP contribution in [0.2, 0.25) is 0 Å². The summed E-state index contributed by atoms with van der Waals surface area (Å²) < 4.78 is 0. The fraction of sp³-hybridized carbons (Fsp3) is 0.467. The van der Waals surface area contributed by atoms with Crippen molar-refractivity contribution in [3.8, 4) is 0 Å². The molecule has 0 atom stereocenters. The fourth-order valence-corrected chi connectivity index (χ4v) is 1.95. The van der Waals surface area contributed by atoms with E-state index in [0.29, 0.717) is 24.7 Å². The molecule has 0 spiro atoms. The fourth-order valence-electron chi connectivity index (χ4n) is 1.95. The third kappa shape index (κ3) is 4.66. The Labute approximate surface area is 119 Å². The topological polar surface area (TPSA) is 70.2 Å². The van der Waals surface area contributed by atoms with Crippen molar-refractivity contribution in [3.63, 3.8) is 0 Å². The zero-order valence-electron chi connectivity index (χ0n) is 11.7. The van der Waals surface area contributed by atoms with Crippen molar-refractivity contribution in [2.24, 2.45) is 0 Å². The Morgan fingerprint density at radius 1 is 1.20 bits per heavy atom. The highest BCUT2D eigenvalue weighted by molar-refractivity contribution is 5.92. The van der Waals surface area contributed by atoms with Crippen LogP contribution in [0.15, 0.2) is 24.3 Å². The van der Waals surface area contributed by atoms with Crippen molar-refractivity contribution in [1.82, 2.24) is 10.6 Å². The van der Waals surface area contributed by atoms with Crippen molar-refractivity contribution in [2.45, 2.75) is 31.7 Å².